The van der Waals surface area contributed by atoms with Crippen molar-refractivity contribution in [3.05, 3.63) is 35.5 Å². The Morgan fingerprint density at radius 2 is 1.96 bits per heavy atom. The highest BCUT2D eigenvalue weighted by atomic mass is 16.5. The van der Waals surface area contributed by atoms with E-state index >= 15 is 0 Å². The SMILES string of the molecule is COCn1c2c(c3ccccc31)CCN(C=N[C@H](COC(C)(C)C)C(C)C)C2. The van der Waals surface area contributed by atoms with Crippen molar-refractivity contribution in [2.24, 2.45) is 10.9 Å². The zero-order chi connectivity index (χ0) is 20.3. The van der Waals surface area contributed by atoms with Gasteiger partial charge in [-0.1, -0.05) is 32.0 Å². The van der Waals surface area contributed by atoms with Gasteiger partial charge in [0.05, 0.1) is 36.6 Å². The minimum absolute atomic E-state index is 0.135. The van der Waals surface area contributed by atoms with Gasteiger partial charge in [-0.2, -0.15) is 0 Å². The Balaban J connectivity index is 1.78. The third-order valence-corrected chi connectivity index (χ3v) is 5.33. The number of aliphatic imine (C=N–C) groups is 1. The molecule has 2 heterocycles. The Bertz CT molecular complexity index is 817. The van der Waals surface area contributed by atoms with Crippen molar-refractivity contribution in [2.75, 3.05) is 20.3 Å². The predicted octanol–water partition coefficient (Wildman–Crippen LogP) is 4.47. The summed E-state index contributed by atoms with van der Waals surface area (Å²) >= 11 is 0. The van der Waals surface area contributed by atoms with Crippen LogP contribution in [0.3, 0.4) is 0 Å². The molecule has 0 amide bonds. The Morgan fingerprint density at radius 3 is 2.64 bits per heavy atom. The maximum Gasteiger partial charge on any atom is 0.122 e. The minimum Gasteiger partial charge on any atom is -0.374 e. The van der Waals surface area contributed by atoms with Crippen LogP contribution in [0.5, 0.6) is 0 Å². The molecule has 5 nitrogen and oxygen atoms in total. The number of hydrogen-bond donors (Lipinski definition) is 0. The monoisotopic (exact) mass is 385 g/mol. The normalized spacial score (nSPS) is 16.3. The molecule has 3 rings (SSSR count). The smallest absolute Gasteiger partial charge is 0.122 e. The molecule has 5 heteroatoms. The summed E-state index contributed by atoms with van der Waals surface area (Å²) in [6.45, 7) is 13.8. The summed E-state index contributed by atoms with van der Waals surface area (Å²) < 4.78 is 13.8. The van der Waals surface area contributed by atoms with Crippen molar-refractivity contribution >= 4 is 17.2 Å². The van der Waals surface area contributed by atoms with Crippen LogP contribution in [0.1, 0.15) is 45.9 Å². The highest BCUT2D eigenvalue weighted by molar-refractivity contribution is 5.86. The Morgan fingerprint density at radius 1 is 1.21 bits per heavy atom. The van der Waals surface area contributed by atoms with E-state index in [-0.39, 0.29) is 11.6 Å². The fourth-order valence-electron chi connectivity index (χ4n) is 3.71. The first kappa shape index (κ1) is 20.9. The van der Waals surface area contributed by atoms with Crippen LogP contribution < -0.4 is 0 Å². The van der Waals surface area contributed by atoms with Gasteiger partial charge in [-0.25, -0.2) is 0 Å². The van der Waals surface area contributed by atoms with E-state index in [1.807, 2.05) is 6.34 Å². The molecule has 0 saturated heterocycles. The molecule has 1 aromatic carbocycles. The van der Waals surface area contributed by atoms with Gasteiger partial charge >= 0.3 is 0 Å². The number of ether oxygens (including phenoxy) is 2. The second-order valence-corrected chi connectivity index (χ2v) is 9.01. The first-order chi connectivity index (χ1) is 13.3. The van der Waals surface area contributed by atoms with Gasteiger partial charge in [0.15, 0.2) is 0 Å². The van der Waals surface area contributed by atoms with E-state index in [9.17, 15) is 0 Å². The summed E-state index contributed by atoms with van der Waals surface area (Å²) in [5.41, 5.74) is 3.91. The largest absolute Gasteiger partial charge is 0.374 e. The summed E-state index contributed by atoms with van der Waals surface area (Å²) in [4.78, 5) is 7.21. The zero-order valence-electron chi connectivity index (χ0n) is 18.2. The highest BCUT2D eigenvalue weighted by Gasteiger charge is 2.23. The van der Waals surface area contributed by atoms with Crippen LogP contribution in [0.15, 0.2) is 29.3 Å². The van der Waals surface area contributed by atoms with Crippen molar-refractivity contribution in [2.45, 2.75) is 66.0 Å². The van der Waals surface area contributed by atoms with Crippen LogP contribution in [0, 0.1) is 5.92 Å². The van der Waals surface area contributed by atoms with E-state index in [1.54, 1.807) is 7.11 Å². The van der Waals surface area contributed by atoms with Crippen LogP contribution in [0.25, 0.3) is 10.9 Å². The highest BCUT2D eigenvalue weighted by Crippen LogP contribution is 2.30. The second kappa shape index (κ2) is 8.66. The average molecular weight is 386 g/mol. The lowest BCUT2D eigenvalue weighted by molar-refractivity contribution is -0.0145. The molecule has 1 aliphatic rings. The van der Waals surface area contributed by atoms with Crippen molar-refractivity contribution in [3.63, 3.8) is 0 Å². The van der Waals surface area contributed by atoms with Gasteiger partial charge in [0.2, 0.25) is 0 Å². The van der Waals surface area contributed by atoms with Crippen LogP contribution in [0.2, 0.25) is 0 Å². The molecular weight excluding hydrogens is 350 g/mol. The third kappa shape index (κ3) is 4.76. The number of para-hydroxylation sites is 1. The molecule has 2 aromatic rings. The minimum atomic E-state index is -0.135. The molecule has 28 heavy (non-hydrogen) atoms. The second-order valence-electron chi connectivity index (χ2n) is 9.01. The number of rotatable bonds is 7. The molecule has 0 bridgehead atoms. The number of hydrogen-bond acceptors (Lipinski definition) is 3. The summed E-state index contributed by atoms with van der Waals surface area (Å²) in [5.74, 6) is 0.443. The van der Waals surface area contributed by atoms with Crippen LogP contribution in [0.4, 0.5) is 0 Å². The summed E-state index contributed by atoms with van der Waals surface area (Å²) in [5, 5.41) is 1.35. The van der Waals surface area contributed by atoms with E-state index in [2.05, 4.69) is 68.4 Å². The van der Waals surface area contributed by atoms with Crippen molar-refractivity contribution in [1.82, 2.24) is 9.47 Å². The molecular formula is C23H35N3O2. The number of nitrogens with zero attached hydrogens (tertiary/aromatic N) is 3. The lowest BCUT2D eigenvalue weighted by atomic mass is 10.0. The quantitative estimate of drug-likeness (QED) is 0.521. The lowest BCUT2D eigenvalue weighted by Crippen LogP contribution is -2.33. The molecule has 0 spiro atoms. The van der Waals surface area contributed by atoms with E-state index in [0.717, 1.165) is 19.5 Å². The molecule has 0 fully saturated rings. The van der Waals surface area contributed by atoms with E-state index in [4.69, 9.17) is 14.5 Å². The van der Waals surface area contributed by atoms with Crippen LogP contribution in [-0.2, 0) is 29.2 Å². The van der Waals surface area contributed by atoms with E-state index in [1.165, 1.54) is 22.2 Å². The van der Waals surface area contributed by atoms with E-state index < -0.39 is 0 Å². The number of benzene rings is 1. The number of aromatic nitrogens is 1. The van der Waals surface area contributed by atoms with Crippen molar-refractivity contribution in [3.8, 4) is 0 Å². The maximum atomic E-state index is 5.99. The summed E-state index contributed by atoms with van der Waals surface area (Å²) in [6, 6.07) is 8.80. The molecule has 0 unspecified atom stereocenters. The fourth-order valence-corrected chi connectivity index (χ4v) is 3.71. The molecule has 1 aromatic heterocycles. The fraction of sp³-hybridized carbons (Fsp3) is 0.609. The zero-order valence-corrected chi connectivity index (χ0v) is 18.2. The van der Waals surface area contributed by atoms with Gasteiger partial charge in [0, 0.05) is 24.7 Å². The van der Waals surface area contributed by atoms with Gasteiger partial charge < -0.3 is 18.9 Å². The predicted molar refractivity (Wildman–Crippen MR) is 116 cm³/mol. The summed E-state index contributed by atoms with van der Waals surface area (Å²) in [7, 11) is 1.76. The molecule has 154 valence electrons. The Hall–Kier alpha value is -1.85. The topological polar surface area (TPSA) is 39.0 Å². The molecule has 0 N–H and O–H groups in total. The first-order valence-corrected chi connectivity index (χ1v) is 10.3. The Labute approximate surface area is 169 Å². The number of methoxy groups -OCH3 is 1. The molecule has 0 radical (unpaired) electrons. The van der Waals surface area contributed by atoms with Gasteiger partial charge in [-0.3, -0.25) is 4.99 Å². The lowest BCUT2D eigenvalue weighted by Gasteiger charge is -2.28. The maximum absolute atomic E-state index is 5.99. The summed E-state index contributed by atoms with van der Waals surface area (Å²) in [6.07, 6.45) is 3.07. The van der Waals surface area contributed by atoms with E-state index in [0.29, 0.717) is 19.3 Å². The molecule has 1 aliphatic heterocycles. The standard InChI is InChI=1S/C23H35N3O2/c1-17(2)20(14-28-23(3,4)5)24-15-25-12-11-19-18-9-7-8-10-21(18)26(16-27-6)22(19)13-25/h7-10,15,17,20H,11-14,16H2,1-6H3/t20-/m1/s1. The van der Waals surface area contributed by atoms with Gasteiger partial charge in [-0.15, -0.1) is 0 Å². The van der Waals surface area contributed by atoms with Crippen molar-refractivity contribution in [1.29, 1.82) is 0 Å². The third-order valence-electron chi connectivity index (χ3n) is 5.33. The molecule has 1 atom stereocenters. The van der Waals surface area contributed by atoms with Gasteiger partial charge in [0.25, 0.3) is 0 Å². The average Bonchev–Trinajstić information content (AvgIpc) is 2.94. The van der Waals surface area contributed by atoms with Crippen LogP contribution >= 0.6 is 0 Å². The number of fused-ring (bicyclic) bond motifs is 3. The van der Waals surface area contributed by atoms with Crippen molar-refractivity contribution < 1.29 is 9.47 Å². The first-order valence-electron chi connectivity index (χ1n) is 10.3. The van der Waals surface area contributed by atoms with Gasteiger partial charge in [0.1, 0.15) is 6.73 Å². The molecule has 0 saturated carbocycles. The molecule has 0 aliphatic carbocycles. The van der Waals surface area contributed by atoms with Gasteiger partial charge in [-0.05, 0) is 44.7 Å². The van der Waals surface area contributed by atoms with Crippen LogP contribution in [-0.4, -0.2) is 47.7 Å². The Kier molecular flexibility index (Phi) is 6.46.